The van der Waals surface area contributed by atoms with Crippen LogP contribution in [0.3, 0.4) is 0 Å². The molecule has 0 aromatic carbocycles. The summed E-state index contributed by atoms with van der Waals surface area (Å²) in [5, 5.41) is 0. The number of carbonyl (C=O) groups is 1. The Hall–Kier alpha value is -0.870. The van der Waals surface area contributed by atoms with Crippen LogP contribution in [0.15, 0.2) is 12.7 Å². The van der Waals surface area contributed by atoms with Gasteiger partial charge in [-0.15, -0.1) is 0 Å². The lowest BCUT2D eigenvalue weighted by Gasteiger charge is -2.09. The van der Waals surface area contributed by atoms with Gasteiger partial charge in [0.15, 0.2) is 6.10 Å². The summed E-state index contributed by atoms with van der Waals surface area (Å²) in [7, 11) is 2.76. The first kappa shape index (κ1) is 10.1. The minimum atomic E-state index is -0.736. The highest BCUT2D eigenvalue weighted by Gasteiger charge is 2.14. The van der Waals surface area contributed by atoms with Crippen molar-refractivity contribution in [2.75, 3.05) is 21.0 Å². The lowest BCUT2D eigenvalue weighted by Crippen LogP contribution is -2.23. The van der Waals surface area contributed by atoms with E-state index < -0.39 is 12.1 Å². The summed E-state index contributed by atoms with van der Waals surface area (Å²) in [4.78, 5) is 10.8. The fourth-order valence-electron chi connectivity index (χ4n) is 0.490. The maximum atomic E-state index is 10.8. The third-order valence-corrected chi connectivity index (χ3v) is 1.01. The molecule has 0 bridgehead atoms. The SMILES string of the molecule is C=CC(OCOC)C(=O)OC. The zero-order chi connectivity index (χ0) is 8.69. The fraction of sp³-hybridized carbons (Fsp3) is 0.571. The van der Waals surface area contributed by atoms with Gasteiger partial charge in [-0.1, -0.05) is 12.7 Å². The number of hydrogen-bond acceptors (Lipinski definition) is 4. The van der Waals surface area contributed by atoms with Gasteiger partial charge < -0.3 is 14.2 Å². The summed E-state index contributed by atoms with van der Waals surface area (Å²) < 4.78 is 13.9. The number of hydrogen-bond donors (Lipinski definition) is 0. The summed E-state index contributed by atoms with van der Waals surface area (Å²) in [6.07, 6.45) is 0.616. The van der Waals surface area contributed by atoms with Gasteiger partial charge in [-0.2, -0.15) is 0 Å². The van der Waals surface area contributed by atoms with Gasteiger partial charge in [0.1, 0.15) is 6.79 Å². The Labute approximate surface area is 65.7 Å². The summed E-state index contributed by atoms with van der Waals surface area (Å²) >= 11 is 0. The van der Waals surface area contributed by atoms with Crippen molar-refractivity contribution in [1.29, 1.82) is 0 Å². The van der Waals surface area contributed by atoms with Crippen molar-refractivity contribution >= 4 is 5.97 Å². The number of ether oxygens (including phenoxy) is 3. The molecule has 64 valence electrons. The smallest absolute Gasteiger partial charge is 0.339 e. The van der Waals surface area contributed by atoms with E-state index in [0.29, 0.717) is 0 Å². The van der Waals surface area contributed by atoms with Gasteiger partial charge in [0, 0.05) is 7.11 Å². The molecule has 0 aliphatic heterocycles. The summed E-state index contributed by atoms with van der Waals surface area (Å²) in [6, 6.07) is 0. The van der Waals surface area contributed by atoms with Crippen molar-refractivity contribution in [3.05, 3.63) is 12.7 Å². The first-order chi connectivity index (χ1) is 5.26. The van der Waals surface area contributed by atoms with Crippen LogP contribution in [0.5, 0.6) is 0 Å². The van der Waals surface area contributed by atoms with E-state index in [1.165, 1.54) is 20.3 Å². The molecule has 0 amide bonds. The molecular formula is C7H12O4. The van der Waals surface area contributed by atoms with Crippen LogP contribution < -0.4 is 0 Å². The average Bonchev–Trinajstić information content (AvgIpc) is 2.05. The molecule has 0 heterocycles. The first-order valence-electron chi connectivity index (χ1n) is 3.07. The van der Waals surface area contributed by atoms with Crippen molar-refractivity contribution < 1.29 is 19.0 Å². The Morgan fingerprint density at radius 2 is 2.27 bits per heavy atom. The molecule has 0 saturated carbocycles. The summed E-state index contributed by atoms with van der Waals surface area (Å²) in [6.45, 7) is 3.45. The summed E-state index contributed by atoms with van der Waals surface area (Å²) in [5.41, 5.74) is 0. The van der Waals surface area contributed by atoms with Gasteiger partial charge in [-0.05, 0) is 0 Å². The standard InChI is InChI=1S/C7H12O4/c1-4-6(7(8)10-3)11-5-9-2/h4,6H,1,5H2,2-3H3. The van der Waals surface area contributed by atoms with Crippen LogP contribution in [0.25, 0.3) is 0 Å². The van der Waals surface area contributed by atoms with Crippen molar-refractivity contribution in [3.63, 3.8) is 0 Å². The second-order valence-corrected chi connectivity index (χ2v) is 1.75. The molecule has 0 radical (unpaired) electrons. The number of esters is 1. The Balaban J connectivity index is 3.74. The second kappa shape index (κ2) is 5.88. The highest BCUT2D eigenvalue weighted by molar-refractivity contribution is 5.76. The third-order valence-electron chi connectivity index (χ3n) is 1.01. The summed E-state index contributed by atoms with van der Waals surface area (Å²) in [5.74, 6) is -0.475. The van der Waals surface area contributed by atoms with Crippen LogP contribution >= 0.6 is 0 Å². The number of carbonyl (C=O) groups excluding carboxylic acids is 1. The van der Waals surface area contributed by atoms with Crippen LogP contribution in [0.4, 0.5) is 0 Å². The van der Waals surface area contributed by atoms with Gasteiger partial charge in [0.05, 0.1) is 7.11 Å². The van der Waals surface area contributed by atoms with Crippen molar-refractivity contribution in [3.8, 4) is 0 Å². The quantitative estimate of drug-likeness (QED) is 0.330. The minimum Gasteiger partial charge on any atom is -0.467 e. The minimum absolute atomic E-state index is 0.0474. The maximum Gasteiger partial charge on any atom is 0.339 e. The molecule has 0 fully saturated rings. The van der Waals surface area contributed by atoms with Gasteiger partial charge in [-0.3, -0.25) is 0 Å². The van der Waals surface area contributed by atoms with E-state index in [4.69, 9.17) is 4.74 Å². The van der Waals surface area contributed by atoms with E-state index in [1.807, 2.05) is 0 Å². The molecule has 0 saturated heterocycles. The number of methoxy groups -OCH3 is 2. The Morgan fingerprint density at radius 1 is 1.64 bits per heavy atom. The molecule has 1 unspecified atom stereocenters. The van der Waals surface area contributed by atoms with Gasteiger partial charge in [0.2, 0.25) is 0 Å². The van der Waals surface area contributed by atoms with E-state index in [9.17, 15) is 4.79 Å². The van der Waals surface area contributed by atoms with E-state index in [-0.39, 0.29) is 6.79 Å². The molecule has 0 aliphatic carbocycles. The van der Waals surface area contributed by atoms with Crippen molar-refractivity contribution in [2.24, 2.45) is 0 Å². The Morgan fingerprint density at radius 3 is 2.64 bits per heavy atom. The zero-order valence-corrected chi connectivity index (χ0v) is 6.70. The molecule has 0 aromatic heterocycles. The number of rotatable bonds is 5. The topological polar surface area (TPSA) is 44.8 Å². The highest BCUT2D eigenvalue weighted by atomic mass is 16.7. The maximum absolute atomic E-state index is 10.8. The molecule has 11 heavy (non-hydrogen) atoms. The zero-order valence-electron chi connectivity index (χ0n) is 6.70. The molecule has 0 rings (SSSR count). The fourth-order valence-corrected chi connectivity index (χ4v) is 0.490. The Bertz CT molecular complexity index is 132. The predicted octanol–water partition coefficient (Wildman–Crippen LogP) is 0.335. The van der Waals surface area contributed by atoms with E-state index >= 15 is 0 Å². The highest BCUT2D eigenvalue weighted by Crippen LogP contribution is 1.95. The molecule has 4 nitrogen and oxygen atoms in total. The molecule has 0 spiro atoms. The first-order valence-corrected chi connectivity index (χ1v) is 3.07. The van der Waals surface area contributed by atoms with Crippen LogP contribution in [0, 0.1) is 0 Å². The largest absolute Gasteiger partial charge is 0.467 e. The third kappa shape index (κ3) is 3.75. The van der Waals surface area contributed by atoms with Crippen LogP contribution in [-0.4, -0.2) is 33.1 Å². The molecule has 0 N–H and O–H groups in total. The monoisotopic (exact) mass is 160 g/mol. The van der Waals surface area contributed by atoms with Crippen LogP contribution in [0.1, 0.15) is 0 Å². The van der Waals surface area contributed by atoms with Gasteiger partial charge in [0.25, 0.3) is 0 Å². The molecule has 4 heteroatoms. The molecule has 0 aliphatic rings. The van der Waals surface area contributed by atoms with Crippen LogP contribution in [0.2, 0.25) is 0 Å². The van der Waals surface area contributed by atoms with Crippen LogP contribution in [-0.2, 0) is 19.0 Å². The average molecular weight is 160 g/mol. The van der Waals surface area contributed by atoms with Gasteiger partial charge >= 0.3 is 5.97 Å². The van der Waals surface area contributed by atoms with Crippen molar-refractivity contribution in [1.82, 2.24) is 0 Å². The molecular weight excluding hydrogens is 148 g/mol. The lowest BCUT2D eigenvalue weighted by atomic mass is 10.3. The van der Waals surface area contributed by atoms with Gasteiger partial charge in [-0.25, -0.2) is 4.79 Å². The molecule has 1 atom stereocenters. The normalized spacial score (nSPS) is 12.2. The predicted molar refractivity (Wildman–Crippen MR) is 39.0 cm³/mol. The second-order valence-electron chi connectivity index (χ2n) is 1.75. The molecule has 0 aromatic rings. The van der Waals surface area contributed by atoms with Crippen molar-refractivity contribution in [2.45, 2.75) is 6.10 Å². The lowest BCUT2D eigenvalue weighted by molar-refractivity contribution is -0.157. The van der Waals surface area contributed by atoms with E-state index in [1.54, 1.807) is 0 Å². The van der Waals surface area contributed by atoms with E-state index in [0.717, 1.165) is 0 Å². The van der Waals surface area contributed by atoms with E-state index in [2.05, 4.69) is 16.1 Å². The Kier molecular flexibility index (Phi) is 5.42.